The fourth-order valence-corrected chi connectivity index (χ4v) is 4.51. The number of hydrogen-bond acceptors (Lipinski definition) is 4. The molecule has 186 valence electrons. The third kappa shape index (κ3) is 4.96. The number of rotatable bonds is 6. The van der Waals surface area contributed by atoms with Crippen LogP contribution in [0.4, 0.5) is 0 Å². The lowest BCUT2D eigenvalue weighted by Crippen LogP contribution is -2.36. The Balaban J connectivity index is 1.63. The normalized spacial score (nSPS) is 30.7. The van der Waals surface area contributed by atoms with Crippen LogP contribution in [0.15, 0.2) is 97.1 Å². The Morgan fingerprint density at radius 1 is 0.472 bits per heavy atom. The van der Waals surface area contributed by atoms with Gasteiger partial charge in [0.05, 0.1) is 0 Å². The predicted octanol–water partition coefficient (Wildman–Crippen LogP) is 6.40. The van der Waals surface area contributed by atoms with Crippen molar-refractivity contribution in [3.8, 4) is 11.8 Å². The van der Waals surface area contributed by atoms with E-state index in [1.54, 1.807) is 28.4 Å². The van der Waals surface area contributed by atoms with Crippen LogP contribution < -0.4 is 0 Å². The van der Waals surface area contributed by atoms with Gasteiger partial charge in [0.15, 0.2) is 11.2 Å². The summed E-state index contributed by atoms with van der Waals surface area (Å²) in [5, 5.41) is 1.33. The maximum absolute atomic E-state index is 6.07. The molecule has 0 aromatic heterocycles. The molecule has 6 heteroatoms. The predicted molar refractivity (Wildman–Crippen MR) is 144 cm³/mol. The third-order valence-electron chi connectivity index (χ3n) is 6.71. The van der Waals surface area contributed by atoms with Crippen molar-refractivity contribution in [3.63, 3.8) is 0 Å². The number of halogens is 2. The molecule has 0 bridgehead atoms. The maximum Gasteiger partial charge on any atom is 0.165 e. The zero-order chi connectivity index (χ0) is 25.9. The Hall–Kier alpha value is -2.62. The van der Waals surface area contributed by atoms with Gasteiger partial charge < -0.3 is 18.9 Å². The van der Waals surface area contributed by atoms with Crippen LogP contribution in [0.2, 0.25) is 10.0 Å². The molecule has 0 fully saturated rings. The molecular formula is C30H28Cl2O4. The highest BCUT2D eigenvalue weighted by molar-refractivity contribution is 6.30. The molecule has 0 saturated carbocycles. The standard InChI is InChI=1S/C30H28Cl2O4/c1-33-27(15-19-29(35-3,20-16-27)23-5-9-25(31)10-6-23)13-14-28(34-2)17-21-30(36-4,22-18-28)24-7-11-26(32)12-8-24/h5-12,15-22H,1-4H3. The molecule has 0 heterocycles. The molecule has 2 aromatic carbocycles. The minimum atomic E-state index is -0.951. The fraction of sp³-hybridized carbons (Fsp3) is 0.267. The molecule has 0 N–H and O–H groups in total. The van der Waals surface area contributed by atoms with Gasteiger partial charge in [-0.2, -0.15) is 0 Å². The maximum atomic E-state index is 6.07. The van der Waals surface area contributed by atoms with Gasteiger partial charge in [-0.25, -0.2) is 0 Å². The van der Waals surface area contributed by atoms with Crippen molar-refractivity contribution in [3.05, 3.63) is 118 Å². The van der Waals surface area contributed by atoms with Crippen LogP contribution in [0, 0.1) is 11.8 Å². The number of hydrogen-bond donors (Lipinski definition) is 0. The van der Waals surface area contributed by atoms with Crippen LogP contribution in [-0.4, -0.2) is 39.6 Å². The van der Waals surface area contributed by atoms with E-state index < -0.39 is 22.4 Å². The second-order valence-corrected chi connectivity index (χ2v) is 9.46. The smallest absolute Gasteiger partial charge is 0.165 e. The highest BCUT2D eigenvalue weighted by atomic mass is 35.5. The second-order valence-electron chi connectivity index (χ2n) is 8.59. The Morgan fingerprint density at radius 2 is 0.778 bits per heavy atom. The second kappa shape index (κ2) is 10.4. The Morgan fingerprint density at radius 3 is 1.03 bits per heavy atom. The minimum absolute atomic E-state index is 0.665. The van der Waals surface area contributed by atoms with Crippen LogP contribution in [0.5, 0.6) is 0 Å². The molecule has 36 heavy (non-hydrogen) atoms. The van der Waals surface area contributed by atoms with Gasteiger partial charge in [0.1, 0.15) is 11.2 Å². The zero-order valence-electron chi connectivity index (χ0n) is 20.6. The molecule has 0 aliphatic heterocycles. The average molecular weight is 523 g/mol. The van der Waals surface area contributed by atoms with Gasteiger partial charge in [-0.05, 0) is 84.0 Å². The van der Waals surface area contributed by atoms with Crippen LogP contribution in [0.1, 0.15) is 11.1 Å². The summed E-state index contributed by atoms with van der Waals surface area (Å²) in [6.07, 6.45) is 15.3. The largest absolute Gasteiger partial charge is 0.365 e. The Kier molecular flexibility index (Phi) is 7.64. The van der Waals surface area contributed by atoms with Crippen LogP contribution >= 0.6 is 23.2 Å². The van der Waals surface area contributed by atoms with E-state index in [9.17, 15) is 0 Å². The van der Waals surface area contributed by atoms with Crippen LogP contribution in [0.25, 0.3) is 0 Å². The number of ether oxygens (including phenoxy) is 4. The fourth-order valence-electron chi connectivity index (χ4n) is 4.26. The molecule has 0 saturated heterocycles. The monoisotopic (exact) mass is 522 g/mol. The number of methoxy groups -OCH3 is 4. The lowest BCUT2D eigenvalue weighted by Gasteiger charge is -2.34. The SMILES string of the molecule is COC1(C#CC2(OC)C=CC(OC)(c3ccc(Cl)cc3)C=C2)C=CC(OC)(c2ccc(Cl)cc2)C=C1. The molecule has 0 spiro atoms. The molecule has 0 unspecified atom stereocenters. The summed E-state index contributed by atoms with van der Waals surface area (Å²) in [6.45, 7) is 0. The number of benzene rings is 2. The molecule has 2 aliphatic rings. The van der Waals surface area contributed by atoms with Crippen molar-refractivity contribution < 1.29 is 18.9 Å². The van der Waals surface area contributed by atoms with E-state index in [-0.39, 0.29) is 0 Å². The molecule has 0 atom stereocenters. The van der Waals surface area contributed by atoms with E-state index in [0.717, 1.165) is 11.1 Å². The summed E-state index contributed by atoms with van der Waals surface area (Å²) < 4.78 is 23.4. The summed E-state index contributed by atoms with van der Waals surface area (Å²) in [5.74, 6) is 6.51. The van der Waals surface area contributed by atoms with Crippen molar-refractivity contribution in [1.29, 1.82) is 0 Å². The van der Waals surface area contributed by atoms with Crippen LogP contribution in [0.3, 0.4) is 0 Å². The molecule has 2 aliphatic carbocycles. The van der Waals surface area contributed by atoms with Gasteiger partial charge in [-0.15, -0.1) is 0 Å². The third-order valence-corrected chi connectivity index (χ3v) is 7.21. The van der Waals surface area contributed by atoms with Gasteiger partial charge in [-0.3, -0.25) is 0 Å². The van der Waals surface area contributed by atoms with Crippen molar-refractivity contribution in [1.82, 2.24) is 0 Å². The van der Waals surface area contributed by atoms with Crippen LogP contribution in [-0.2, 0) is 30.1 Å². The summed E-state index contributed by atoms with van der Waals surface area (Å²) in [4.78, 5) is 0. The first-order valence-corrected chi connectivity index (χ1v) is 12.1. The van der Waals surface area contributed by atoms with Gasteiger partial charge in [0.25, 0.3) is 0 Å². The van der Waals surface area contributed by atoms with E-state index in [2.05, 4.69) is 11.8 Å². The van der Waals surface area contributed by atoms with Crippen molar-refractivity contribution in [2.24, 2.45) is 0 Å². The first-order chi connectivity index (χ1) is 17.3. The van der Waals surface area contributed by atoms with Crippen molar-refractivity contribution in [2.45, 2.75) is 22.4 Å². The molecule has 2 aromatic rings. The van der Waals surface area contributed by atoms with E-state index in [0.29, 0.717) is 10.0 Å². The van der Waals surface area contributed by atoms with Crippen molar-refractivity contribution >= 4 is 23.2 Å². The molecule has 0 amide bonds. The summed E-state index contributed by atoms with van der Waals surface area (Å²) >= 11 is 12.1. The molecular weight excluding hydrogens is 495 g/mol. The average Bonchev–Trinajstić information content (AvgIpc) is 2.93. The summed E-state index contributed by atoms with van der Waals surface area (Å²) in [5.41, 5.74) is -1.49. The molecule has 4 nitrogen and oxygen atoms in total. The summed E-state index contributed by atoms with van der Waals surface area (Å²) in [7, 11) is 6.56. The van der Waals surface area contributed by atoms with Gasteiger partial charge in [0.2, 0.25) is 0 Å². The first-order valence-electron chi connectivity index (χ1n) is 11.4. The lowest BCUT2D eigenvalue weighted by molar-refractivity contribution is 0.0574. The Bertz CT molecular complexity index is 1140. The minimum Gasteiger partial charge on any atom is -0.365 e. The first kappa shape index (κ1) is 26.4. The Labute approximate surface area is 222 Å². The quantitative estimate of drug-likeness (QED) is 0.324. The van der Waals surface area contributed by atoms with E-state index in [1.165, 1.54) is 0 Å². The van der Waals surface area contributed by atoms with Crippen molar-refractivity contribution in [2.75, 3.05) is 28.4 Å². The van der Waals surface area contributed by atoms with Gasteiger partial charge in [0, 0.05) is 38.5 Å². The van der Waals surface area contributed by atoms with E-state index >= 15 is 0 Å². The van der Waals surface area contributed by atoms with E-state index in [4.69, 9.17) is 42.1 Å². The molecule has 0 radical (unpaired) electrons. The lowest BCUT2D eigenvalue weighted by atomic mass is 9.82. The van der Waals surface area contributed by atoms with E-state index in [1.807, 2.05) is 97.1 Å². The highest BCUT2D eigenvalue weighted by Gasteiger charge is 2.37. The molecule has 4 rings (SSSR count). The topological polar surface area (TPSA) is 36.9 Å². The highest BCUT2D eigenvalue weighted by Crippen LogP contribution is 2.37. The zero-order valence-corrected chi connectivity index (χ0v) is 22.1. The van der Waals surface area contributed by atoms with Gasteiger partial charge >= 0.3 is 0 Å². The van der Waals surface area contributed by atoms with Gasteiger partial charge in [-0.1, -0.05) is 59.3 Å². The summed E-state index contributed by atoms with van der Waals surface area (Å²) in [6, 6.07) is 15.1.